The molecule has 4 heteroatoms. The van der Waals surface area contributed by atoms with E-state index in [-0.39, 0.29) is 0 Å². The third-order valence-corrected chi connectivity index (χ3v) is 5.01. The molecule has 19 heavy (non-hydrogen) atoms. The minimum Gasteiger partial charge on any atom is -0.378 e. The Labute approximate surface area is 121 Å². The second kappa shape index (κ2) is 5.15. The van der Waals surface area contributed by atoms with Gasteiger partial charge in [-0.25, -0.2) is 4.98 Å². The summed E-state index contributed by atoms with van der Waals surface area (Å²) in [4.78, 5) is 9.15. The summed E-state index contributed by atoms with van der Waals surface area (Å²) in [5.41, 5.74) is 2.39. The molecule has 0 aliphatic rings. The highest BCUT2D eigenvalue weighted by atomic mass is 32.1. The van der Waals surface area contributed by atoms with Gasteiger partial charge in [-0.05, 0) is 35.7 Å². The molecule has 0 radical (unpaired) electrons. The summed E-state index contributed by atoms with van der Waals surface area (Å²) < 4.78 is 0. The molecule has 2 heterocycles. The van der Waals surface area contributed by atoms with E-state index in [0.717, 1.165) is 5.01 Å². The molecule has 96 valence electrons. The van der Waals surface area contributed by atoms with Crippen LogP contribution in [-0.2, 0) is 0 Å². The lowest BCUT2D eigenvalue weighted by atomic mass is 10.2. The molecule has 0 saturated carbocycles. The minimum absolute atomic E-state index is 1.08. The second-order valence-corrected chi connectivity index (χ2v) is 6.43. The van der Waals surface area contributed by atoms with E-state index in [0.29, 0.717) is 0 Å². The number of anilines is 1. The Balaban J connectivity index is 1.90. The van der Waals surface area contributed by atoms with Crippen LogP contribution in [0.5, 0.6) is 0 Å². The van der Waals surface area contributed by atoms with Gasteiger partial charge in [-0.2, -0.15) is 0 Å². The van der Waals surface area contributed by atoms with Gasteiger partial charge in [-0.1, -0.05) is 6.07 Å². The van der Waals surface area contributed by atoms with Crippen molar-refractivity contribution in [3.8, 4) is 20.3 Å². The second-order valence-electron chi connectivity index (χ2n) is 4.45. The van der Waals surface area contributed by atoms with Gasteiger partial charge in [-0.3, -0.25) is 0 Å². The van der Waals surface area contributed by atoms with Gasteiger partial charge in [0, 0.05) is 36.4 Å². The predicted octanol–water partition coefficient (Wildman–Crippen LogP) is 4.60. The first-order valence-corrected chi connectivity index (χ1v) is 7.71. The van der Waals surface area contributed by atoms with Crippen LogP contribution in [0.25, 0.3) is 20.3 Å². The Morgan fingerprint density at radius 3 is 2.42 bits per heavy atom. The van der Waals surface area contributed by atoms with Gasteiger partial charge >= 0.3 is 0 Å². The molecule has 1 aromatic carbocycles. The highest BCUT2D eigenvalue weighted by Crippen LogP contribution is 2.34. The number of thiazole rings is 1. The van der Waals surface area contributed by atoms with Gasteiger partial charge in [0.15, 0.2) is 0 Å². The molecule has 0 fully saturated rings. The normalized spacial score (nSPS) is 10.6. The van der Waals surface area contributed by atoms with Gasteiger partial charge in [0.1, 0.15) is 5.01 Å². The Morgan fingerprint density at radius 1 is 1.00 bits per heavy atom. The lowest BCUT2D eigenvalue weighted by Crippen LogP contribution is -2.07. The molecule has 2 aromatic heterocycles. The van der Waals surface area contributed by atoms with Crippen molar-refractivity contribution in [2.24, 2.45) is 0 Å². The molecule has 0 bridgehead atoms. The fourth-order valence-electron chi connectivity index (χ4n) is 1.84. The van der Waals surface area contributed by atoms with Crippen LogP contribution < -0.4 is 4.90 Å². The van der Waals surface area contributed by atoms with Crippen molar-refractivity contribution < 1.29 is 0 Å². The zero-order chi connectivity index (χ0) is 13.2. The first-order chi connectivity index (χ1) is 9.24. The standard InChI is InChI=1S/C15H14N2S2/c1-17(2)12-7-5-11(6-8-12)15-16-10-14(19-15)13-4-3-9-18-13/h3-10H,1-2H3. The van der Waals surface area contributed by atoms with E-state index in [2.05, 4.69) is 51.7 Å². The average molecular weight is 286 g/mol. The SMILES string of the molecule is CN(C)c1ccc(-c2ncc(-c3cccs3)s2)cc1. The fraction of sp³-hybridized carbons (Fsp3) is 0.133. The number of rotatable bonds is 3. The summed E-state index contributed by atoms with van der Waals surface area (Å²) in [7, 11) is 4.10. The molecule has 0 aliphatic carbocycles. The Bertz CT molecular complexity index is 652. The zero-order valence-corrected chi connectivity index (χ0v) is 12.5. The third kappa shape index (κ3) is 2.55. The summed E-state index contributed by atoms with van der Waals surface area (Å²) in [5.74, 6) is 0. The van der Waals surface area contributed by atoms with Crippen molar-refractivity contribution in [3.05, 3.63) is 48.0 Å². The largest absolute Gasteiger partial charge is 0.378 e. The van der Waals surface area contributed by atoms with Crippen LogP contribution in [0.1, 0.15) is 0 Å². The Kier molecular flexibility index (Phi) is 3.36. The molecular formula is C15H14N2S2. The van der Waals surface area contributed by atoms with Crippen LogP contribution in [-0.4, -0.2) is 19.1 Å². The van der Waals surface area contributed by atoms with Crippen molar-refractivity contribution in [2.75, 3.05) is 19.0 Å². The van der Waals surface area contributed by atoms with E-state index in [1.807, 2.05) is 20.3 Å². The summed E-state index contributed by atoms with van der Waals surface area (Å²) in [6.45, 7) is 0. The van der Waals surface area contributed by atoms with Crippen LogP contribution in [0, 0.1) is 0 Å². The summed E-state index contributed by atoms with van der Waals surface area (Å²) in [5, 5.41) is 3.18. The highest BCUT2D eigenvalue weighted by Gasteiger charge is 2.07. The quantitative estimate of drug-likeness (QED) is 0.699. The number of aromatic nitrogens is 1. The van der Waals surface area contributed by atoms with Crippen LogP contribution in [0.4, 0.5) is 5.69 Å². The van der Waals surface area contributed by atoms with E-state index in [1.165, 1.54) is 21.0 Å². The number of nitrogens with zero attached hydrogens (tertiary/aromatic N) is 2. The first-order valence-electron chi connectivity index (χ1n) is 6.01. The molecule has 0 spiro atoms. The molecule has 0 amide bonds. The maximum atomic E-state index is 4.53. The molecule has 0 atom stereocenters. The Morgan fingerprint density at radius 2 is 1.79 bits per heavy atom. The fourth-order valence-corrected chi connectivity index (χ4v) is 3.58. The molecule has 0 aliphatic heterocycles. The monoisotopic (exact) mass is 286 g/mol. The maximum absolute atomic E-state index is 4.53. The van der Waals surface area contributed by atoms with Gasteiger partial charge in [0.2, 0.25) is 0 Å². The molecule has 0 unspecified atom stereocenters. The van der Waals surface area contributed by atoms with Gasteiger partial charge in [0.25, 0.3) is 0 Å². The van der Waals surface area contributed by atoms with Crippen molar-refractivity contribution in [3.63, 3.8) is 0 Å². The maximum Gasteiger partial charge on any atom is 0.123 e. The van der Waals surface area contributed by atoms with Crippen LogP contribution in [0.15, 0.2) is 48.0 Å². The lowest BCUT2D eigenvalue weighted by Gasteiger charge is -2.11. The topological polar surface area (TPSA) is 16.1 Å². The van der Waals surface area contributed by atoms with Crippen molar-refractivity contribution in [1.82, 2.24) is 4.98 Å². The van der Waals surface area contributed by atoms with Gasteiger partial charge in [-0.15, -0.1) is 22.7 Å². The molecule has 0 saturated heterocycles. The summed E-state index contributed by atoms with van der Waals surface area (Å²) in [6.07, 6.45) is 1.96. The van der Waals surface area contributed by atoms with E-state index in [9.17, 15) is 0 Å². The van der Waals surface area contributed by atoms with E-state index >= 15 is 0 Å². The van der Waals surface area contributed by atoms with Crippen molar-refractivity contribution in [1.29, 1.82) is 0 Å². The highest BCUT2D eigenvalue weighted by molar-refractivity contribution is 7.22. The predicted molar refractivity (Wildman–Crippen MR) is 85.2 cm³/mol. The van der Waals surface area contributed by atoms with Crippen LogP contribution in [0.2, 0.25) is 0 Å². The first kappa shape index (κ1) is 12.4. The van der Waals surface area contributed by atoms with Crippen LogP contribution in [0.3, 0.4) is 0 Å². The number of hydrogen-bond donors (Lipinski definition) is 0. The van der Waals surface area contributed by atoms with E-state index in [4.69, 9.17) is 0 Å². The molecule has 3 rings (SSSR count). The van der Waals surface area contributed by atoms with Gasteiger partial charge in [0.05, 0.1) is 4.88 Å². The number of thiophene rings is 1. The van der Waals surface area contributed by atoms with Crippen molar-refractivity contribution >= 4 is 28.4 Å². The van der Waals surface area contributed by atoms with Crippen molar-refractivity contribution in [2.45, 2.75) is 0 Å². The average Bonchev–Trinajstić information content (AvgIpc) is 3.10. The van der Waals surface area contributed by atoms with E-state index < -0.39 is 0 Å². The number of hydrogen-bond acceptors (Lipinski definition) is 4. The smallest absolute Gasteiger partial charge is 0.123 e. The van der Waals surface area contributed by atoms with Gasteiger partial charge < -0.3 is 4.90 Å². The number of benzene rings is 1. The molecule has 3 aromatic rings. The lowest BCUT2D eigenvalue weighted by molar-refractivity contribution is 1.13. The van der Waals surface area contributed by atoms with Crippen LogP contribution >= 0.6 is 22.7 Å². The summed E-state index contributed by atoms with van der Waals surface area (Å²) in [6, 6.07) is 12.7. The minimum atomic E-state index is 1.08. The summed E-state index contributed by atoms with van der Waals surface area (Å²) >= 11 is 3.50. The van der Waals surface area contributed by atoms with E-state index in [1.54, 1.807) is 22.7 Å². The Hall–Kier alpha value is -1.65. The molecule has 2 nitrogen and oxygen atoms in total. The zero-order valence-electron chi connectivity index (χ0n) is 10.8. The molecule has 0 N–H and O–H groups in total. The molecular weight excluding hydrogens is 272 g/mol. The third-order valence-electron chi connectivity index (χ3n) is 2.90.